The normalized spacial score (nSPS) is 11.8. The number of carbonyl (C=O) groups excluding carboxylic acids is 1. The first-order chi connectivity index (χ1) is 7.40. The molecule has 0 spiro atoms. The minimum absolute atomic E-state index is 0.0682. The summed E-state index contributed by atoms with van der Waals surface area (Å²) in [5, 5.41) is 2.56. The number of rotatable bonds is 8. The molecule has 0 aromatic rings. The lowest BCUT2D eigenvalue weighted by Crippen LogP contribution is -2.33. The second-order valence-electron chi connectivity index (χ2n) is 3.59. The van der Waals surface area contributed by atoms with Crippen LogP contribution in [0.1, 0.15) is 19.3 Å². The predicted octanol–water partition coefficient (Wildman–Crippen LogP) is 0.403. The molecular weight excluding hydrogens is 252 g/mol. The second kappa shape index (κ2) is 7.86. The van der Waals surface area contributed by atoms with E-state index < -0.39 is 10.0 Å². The SMILES string of the molecule is CN(C)S(=O)(=O)CCNC(=O)CCCCCl. The standard InChI is InChI=1S/C9H19ClN2O3S/c1-12(2)16(14,15)8-7-11-9(13)5-3-4-6-10/h3-8H2,1-2H3,(H,11,13). The summed E-state index contributed by atoms with van der Waals surface area (Å²) in [7, 11) is -0.282. The number of unbranched alkanes of at least 4 members (excludes halogenated alkanes) is 1. The van der Waals surface area contributed by atoms with Crippen LogP contribution in [0.5, 0.6) is 0 Å². The Hall–Kier alpha value is -0.330. The molecule has 0 aliphatic heterocycles. The zero-order valence-electron chi connectivity index (χ0n) is 9.70. The monoisotopic (exact) mass is 270 g/mol. The topological polar surface area (TPSA) is 66.5 Å². The van der Waals surface area contributed by atoms with Crippen molar-refractivity contribution in [3.05, 3.63) is 0 Å². The minimum Gasteiger partial charge on any atom is -0.355 e. The first-order valence-electron chi connectivity index (χ1n) is 5.13. The third kappa shape index (κ3) is 7.03. The van der Waals surface area contributed by atoms with Crippen LogP contribution in [0.2, 0.25) is 0 Å². The first-order valence-corrected chi connectivity index (χ1v) is 7.27. The van der Waals surface area contributed by atoms with E-state index in [1.165, 1.54) is 14.1 Å². The highest BCUT2D eigenvalue weighted by Crippen LogP contribution is 1.97. The van der Waals surface area contributed by atoms with Crippen molar-refractivity contribution in [2.45, 2.75) is 19.3 Å². The van der Waals surface area contributed by atoms with E-state index in [1.54, 1.807) is 0 Å². The summed E-state index contributed by atoms with van der Waals surface area (Å²) in [6, 6.07) is 0. The second-order valence-corrected chi connectivity index (χ2v) is 6.27. The fraction of sp³-hybridized carbons (Fsp3) is 0.889. The van der Waals surface area contributed by atoms with Crippen molar-refractivity contribution >= 4 is 27.5 Å². The van der Waals surface area contributed by atoms with Gasteiger partial charge in [0, 0.05) is 32.9 Å². The highest BCUT2D eigenvalue weighted by molar-refractivity contribution is 7.89. The van der Waals surface area contributed by atoms with Crippen LogP contribution < -0.4 is 5.32 Å². The Morgan fingerprint density at radius 1 is 1.31 bits per heavy atom. The molecule has 0 radical (unpaired) electrons. The number of nitrogens with one attached hydrogen (secondary N) is 1. The number of amides is 1. The van der Waals surface area contributed by atoms with E-state index in [1.807, 2.05) is 0 Å². The van der Waals surface area contributed by atoms with E-state index >= 15 is 0 Å². The molecule has 0 fully saturated rings. The van der Waals surface area contributed by atoms with Crippen LogP contribution in [0.4, 0.5) is 0 Å². The number of halogens is 1. The molecule has 0 saturated carbocycles. The average Bonchev–Trinajstić information content (AvgIpc) is 2.17. The lowest BCUT2D eigenvalue weighted by Gasteiger charge is -2.11. The molecule has 1 N–H and O–H groups in total. The van der Waals surface area contributed by atoms with Crippen molar-refractivity contribution in [3.8, 4) is 0 Å². The average molecular weight is 271 g/mol. The van der Waals surface area contributed by atoms with Gasteiger partial charge in [-0.25, -0.2) is 12.7 Å². The highest BCUT2D eigenvalue weighted by atomic mass is 35.5. The van der Waals surface area contributed by atoms with Crippen LogP contribution in [-0.4, -0.2) is 50.9 Å². The number of alkyl halides is 1. The van der Waals surface area contributed by atoms with Gasteiger partial charge in [-0.15, -0.1) is 11.6 Å². The molecule has 0 heterocycles. The van der Waals surface area contributed by atoms with Crippen molar-refractivity contribution in [2.24, 2.45) is 0 Å². The van der Waals surface area contributed by atoms with Crippen molar-refractivity contribution < 1.29 is 13.2 Å². The van der Waals surface area contributed by atoms with E-state index in [0.717, 1.165) is 17.1 Å². The molecule has 0 aliphatic carbocycles. The van der Waals surface area contributed by atoms with E-state index in [2.05, 4.69) is 5.32 Å². The van der Waals surface area contributed by atoms with Crippen molar-refractivity contribution in [3.63, 3.8) is 0 Å². The molecule has 1 amide bonds. The molecule has 0 aromatic heterocycles. The van der Waals surface area contributed by atoms with E-state index in [4.69, 9.17) is 11.6 Å². The van der Waals surface area contributed by atoms with Gasteiger partial charge in [-0.05, 0) is 12.8 Å². The Morgan fingerprint density at radius 3 is 2.44 bits per heavy atom. The molecule has 0 aliphatic rings. The quantitative estimate of drug-likeness (QED) is 0.513. The van der Waals surface area contributed by atoms with E-state index in [9.17, 15) is 13.2 Å². The number of nitrogens with zero attached hydrogens (tertiary/aromatic N) is 1. The van der Waals surface area contributed by atoms with Gasteiger partial charge < -0.3 is 5.32 Å². The van der Waals surface area contributed by atoms with Crippen molar-refractivity contribution in [1.82, 2.24) is 9.62 Å². The Labute approximate surface area is 102 Å². The number of sulfonamides is 1. The summed E-state index contributed by atoms with van der Waals surface area (Å²) in [6.07, 6.45) is 1.93. The van der Waals surface area contributed by atoms with Gasteiger partial charge in [-0.2, -0.15) is 0 Å². The number of hydrogen-bond acceptors (Lipinski definition) is 3. The van der Waals surface area contributed by atoms with Crippen LogP contribution in [0.15, 0.2) is 0 Å². The largest absolute Gasteiger partial charge is 0.355 e. The van der Waals surface area contributed by atoms with Crippen LogP contribution in [0, 0.1) is 0 Å². The van der Waals surface area contributed by atoms with Crippen LogP contribution in [-0.2, 0) is 14.8 Å². The predicted molar refractivity (Wildman–Crippen MR) is 65.1 cm³/mol. The van der Waals surface area contributed by atoms with Crippen molar-refractivity contribution in [2.75, 3.05) is 32.3 Å². The Bertz CT molecular complexity index is 304. The van der Waals surface area contributed by atoms with Gasteiger partial charge in [0.1, 0.15) is 0 Å². The summed E-state index contributed by atoms with van der Waals surface area (Å²) in [5.74, 6) is 0.350. The summed E-state index contributed by atoms with van der Waals surface area (Å²) in [4.78, 5) is 11.2. The van der Waals surface area contributed by atoms with E-state index in [0.29, 0.717) is 12.3 Å². The zero-order chi connectivity index (χ0) is 12.6. The molecule has 0 aromatic carbocycles. The summed E-state index contributed by atoms with van der Waals surface area (Å²) in [6.45, 7) is 0.153. The Morgan fingerprint density at radius 2 is 1.94 bits per heavy atom. The molecule has 0 unspecified atom stereocenters. The summed E-state index contributed by atoms with van der Waals surface area (Å²) in [5.41, 5.74) is 0. The third-order valence-corrected chi connectivity index (χ3v) is 4.13. The third-order valence-electron chi connectivity index (χ3n) is 2.03. The fourth-order valence-corrected chi connectivity index (χ4v) is 1.88. The Balaban J connectivity index is 3.70. The van der Waals surface area contributed by atoms with Gasteiger partial charge in [0.05, 0.1) is 5.75 Å². The molecule has 0 bridgehead atoms. The molecule has 0 rings (SSSR count). The van der Waals surface area contributed by atoms with E-state index in [-0.39, 0.29) is 18.2 Å². The highest BCUT2D eigenvalue weighted by Gasteiger charge is 2.13. The van der Waals surface area contributed by atoms with Crippen LogP contribution >= 0.6 is 11.6 Å². The van der Waals surface area contributed by atoms with Gasteiger partial charge >= 0.3 is 0 Å². The Kier molecular flexibility index (Phi) is 7.70. The molecule has 7 heteroatoms. The smallest absolute Gasteiger partial charge is 0.220 e. The zero-order valence-corrected chi connectivity index (χ0v) is 11.3. The van der Waals surface area contributed by atoms with Gasteiger partial charge in [0.15, 0.2) is 0 Å². The molecule has 5 nitrogen and oxygen atoms in total. The van der Waals surface area contributed by atoms with Gasteiger partial charge in [-0.1, -0.05) is 0 Å². The maximum Gasteiger partial charge on any atom is 0.220 e. The molecule has 0 atom stereocenters. The number of hydrogen-bond donors (Lipinski definition) is 1. The van der Waals surface area contributed by atoms with Crippen LogP contribution in [0.3, 0.4) is 0 Å². The summed E-state index contributed by atoms with van der Waals surface area (Å²) < 4.78 is 23.8. The van der Waals surface area contributed by atoms with Crippen molar-refractivity contribution in [1.29, 1.82) is 0 Å². The summed E-state index contributed by atoms with van der Waals surface area (Å²) >= 11 is 5.47. The lowest BCUT2D eigenvalue weighted by molar-refractivity contribution is -0.121. The number of carbonyl (C=O) groups is 1. The molecule has 16 heavy (non-hydrogen) atoms. The van der Waals surface area contributed by atoms with Gasteiger partial charge in [0.25, 0.3) is 0 Å². The lowest BCUT2D eigenvalue weighted by atomic mass is 10.2. The molecule has 96 valence electrons. The first kappa shape index (κ1) is 15.7. The minimum atomic E-state index is -3.22. The maximum atomic E-state index is 11.3. The van der Waals surface area contributed by atoms with Gasteiger partial charge in [0.2, 0.25) is 15.9 Å². The van der Waals surface area contributed by atoms with Gasteiger partial charge in [-0.3, -0.25) is 4.79 Å². The fourth-order valence-electron chi connectivity index (χ4n) is 0.970. The molecule has 0 saturated heterocycles. The molecular formula is C9H19ClN2O3S. The van der Waals surface area contributed by atoms with Crippen LogP contribution in [0.25, 0.3) is 0 Å². The maximum absolute atomic E-state index is 11.3.